The van der Waals surface area contributed by atoms with Crippen molar-refractivity contribution in [3.8, 4) is 28.4 Å². The zero-order valence-corrected chi connectivity index (χ0v) is 14.8. The lowest BCUT2D eigenvalue weighted by molar-refractivity contribution is 0.103. The summed E-state index contributed by atoms with van der Waals surface area (Å²) in [6, 6.07) is 12.5. The van der Waals surface area contributed by atoms with Gasteiger partial charge >= 0.3 is 0 Å². The van der Waals surface area contributed by atoms with E-state index in [2.05, 4.69) is 4.98 Å². The number of nitrogen functional groups attached to an aromatic ring is 1. The van der Waals surface area contributed by atoms with Gasteiger partial charge in [-0.2, -0.15) is 0 Å². The third-order valence-corrected chi connectivity index (χ3v) is 4.10. The van der Waals surface area contributed by atoms with E-state index in [1.807, 2.05) is 24.3 Å². The van der Waals surface area contributed by atoms with Crippen molar-refractivity contribution in [1.82, 2.24) is 4.98 Å². The molecule has 3 N–H and O–H groups in total. The van der Waals surface area contributed by atoms with Crippen LogP contribution in [0.1, 0.15) is 16.1 Å². The number of benzene rings is 2. The minimum Gasteiger partial charge on any atom is -0.493 e. The Kier molecular flexibility index (Phi) is 4.84. The number of ether oxygens (including phenoxy) is 3. The number of anilines is 1. The number of carbonyl (C=O) groups excluding carboxylic acids is 1. The first-order valence-corrected chi connectivity index (χ1v) is 7.96. The van der Waals surface area contributed by atoms with Crippen molar-refractivity contribution in [2.75, 3.05) is 27.1 Å². The van der Waals surface area contributed by atoms with Crippen LogP contribution in [0.3, 0.4) is 0 Å². The van der Waals surface area contributed by atoms with Crippen molar-refractivity contribution in [2.24, 2.45) is 0 Å². The van der Waals surface area contributed by atoms with Crippen LogP contribution in [0.25, 0.3) is 11.1 Å². The molecule has 1 heterocycles. The lowest BCUT2D eigenvalue weighted by Gasteiger charge is -2.13. The maximum absolute atomic E-state index is 12.9. The molecule has 0 atom stereocenters. The van der Waals surface area contributed by atoms with Crippen LogP contribution in [-0.2, 0) is 0 Å². The van der Waals surface area contributed by atoms with Crippen molar-refractivity contribution in [3.63, 3.8) is 0 Å². The Hall–Kier alpha value is -3.41. The van der Waals surface area contributed by atoms with Gasteiger partial charge in [0.05, 0.1) is 27.0 Å². The molecule has 0 unspecified atom stereocenters. The third-order valence-electron chi connectivity index (χ3n) is 4.10. The molecule has 0 aliphatic carbocycles. The van der Waals surface area contributed by atoms with Crippen LogP contribution >= 0.6 is 0 Å². The zero-order valence-electron chi connectivity index (χ0n) is 14.8. The molecule has 134 valence electrons. The quantitative estimate of drug-likeness (QED) is 0.524. The van der Waals surface area contributed by atoms with Gasteiger partial charge in [-0.1, -0.05) is 12.1 Å². The second kappa shape index (κ2) is 7.23. The van der Waals surface area contributed by atoms with E-state index in [1.54, 1.807) is 24.4 Å². The normalized spacial score (nSPS) is 10.4. The maximum Gasteiger partial charge on any atom is 0.209 e. The van der Waals surface area contributed by atoms with Crippen molar-refractivity contribution in [3.05, 3.63) is 59.9 Å². The molecule has 0 saturated heterocycles. The van der Waals surface area contributed by atoms with Gasteiger partial charge < -0.3 is 24.9 Å². The first kappa shape index (κ1) is 17.4. The molecular formula is C20H20N2O4. The molecule has 0 bridgehead atoms. The van der Waals surface area contributed by atoms with Gasteiger partial charge in [0.1, 0.15) is 0 Å². The number of nitrogens with two attached hydrogens (primary N) is 1. The predicted octanol–water partition coefficient (Wildman–Crippen LogP) is 3.52. The average molecular weight is 352 g/mol. The molecule has 1 aromatic heterocycles. The van der Waals surface area contributed by atoms with Gasteiger partial charge in [0, 0.05) is 17.4 Å². The van der Waals surface area contributed by atoms with E-state index < -0.39 is 0 Å². The lowest BCUT2D eigenvalue weighted by atomic mass is 10.0. The Labute approximate surface area is 151 Å². The predicted molar refractivity (Wildman–Crippen MR) is 100 cm³/mol. The second-order valence-electron chi connectivity index (χ2n) is 5.67. The molecule has 0 saturated carbocycles. The van der Waals surface area contributed by atoms with Crippen LogP contribution in [0.5, 0.6) is 17.2 Å². The van der Waals surface area contributed by atoms with Crippen molar-refractivity contribution < 1.29 is 19.0 Å². The van der Waals surface area contributed by atoms with E-state index >= 15 is 0 Å². The highest BCUT2D eigenvalue weighted by Crippen LogP contribution is 2.38. The monoisotopic (exact) mass is 352 g/mol. The summed E-state index contributed by atoms with van der Waals surface area (Å²) in [5.74, 6) is 1.13. The number of ketones is 1. The van der Waals surface area contributed by atoms with Crippen LogP contribution in [0.15, 0.2) is 48.7 Å². The van der Waals surface area contributed by atoms with Crippen LogP contribution < -0.4 is 19.9 Å². The van der Waals surface area contributed by atoms with Gasteiger partial charge in [-0.25, -0.2) is 0 Å². The van der Waals surface area contributed by atoms with E-state index in [0.29, 0.717) is 34.2 Å². The van der Waals surface area contributed by atoms with E-state index in [1.165, 1.54) is 21.3 Å². The smallest absolute Gasteiger partial charge is 0.209 e. The van der Waals surface area contributed by atoms with Crippen LogP contribution in [0, 0.1) is 0 Å². The summed E-state index contributed by atoms with van der Waals surface area (Å²) in [5.41, 5.74) is 9.18. The van der Waals surface area contributed by atoms with Crippen molar-refractivity contribution in [2.45, 2.75) is 0 Å². The molecule has 6 heteroatoms. The Morgan fingerprint density at radius 3 is 2.04 bits per heavy atom. The second-order valence-corrected chi connectivity index (χ2v) is 5.67. The molecule has 6 nitrogen and oxygen atoms in total. The number of rotatable bonds is 6. The fourth-order valence-corrected chi connectivity index (χ4v) is 2.74. The average Bonchev–Trinajstić information content (AvgIpc) is 3.16. The summed E-state index contributed by atoms with van der Waals surface area (Å²) in [5, 5.41) is 0. The SMILES string of the molecule is COc1cc(C(=O)c2cc(-c3ccc(N)cc3)c[nH]2)cc(OC)c1OC. The number of carbonyl (C=O) groups is 1. The number of nitrogens with one attached hydrogen (secondary N) is 1. The molecule has 3 rings (SSSR count). The van der Waals surface area contributed by atoms with Gasteiger partial charge in [0.15, 0.2) is 11.5 Å². The molecule has 0 fully saturated rings. The Morgan fingerprint density at radius 1 is 0.885 bits per heavy atom. The minimum absolute atomic E-state index is 0.175. The first-order chi connectivity index (χ1) is 12.6. The molecule has 0 spiro atoms. The summed E-state index contributed by atoms with van der Waals surface area (Å²) in [6.07, 6.45) is 1.79. The van der Waals surface area contributed by atoms with Crippen LogP contribution in [-0.4, -0.2) is 32.1 Å². The van der Waals surface area contributed by atoms with Gasteiger partial charge in [0.25, 0.3) is 0 Å². The van der Waals surface area contributed by atoms with Crippen LogP contribution in [0.2, 0.25) is 0 Å². The summed E-state index contributed by atoms with van der Waals surface area (Å²) >= 11 is 0. The topological polar surface area (TPSA) is 86.6 Å². The Bertz CT molecular complexity index is 904. The number of hydrogen-bond donors (Lipinski definition) is 2. The Morgan fingerprint density at radius 2 is 1.50 bits per heavy atom. The van der Waals surface area contributed by atoms with E-state index in [9.17, 15) is 4.79 Å². The highest BCUT2D eigenvalue weighted by atomic mass is 16.5. The third kappa shape index (κ3) is 3.21. The highest BCUT2D eigenvalue weighted by Gasteiger charge is 2.19. The molecular weight excluding hydrogens is 332 g/mol. The van der Waals surface area contributed by atoms with E-state index in [4.69, 9.17) is 19.9 Å². The fourth-order valence-electron chi connectivity index (χ4n) is 2.74. The van der Waals surface area contributed by atoms with Gasteiger partial charge in [-0.15, -0.1) is 0 Å². The minimum atomic E-state index is -0.175. The van der Waals surface area contributed by atoms with E-state index in [-0.39, 0.29) is 5.78 Å². The van der Waals surface area contributed by atoms with Gasteiger partial charge in [0.2, 0.25) is 11.5 Å². The molecule has 2 aromatic carbocycles. The molecule has 0 aliphatic heterocycles. The number of methoxy groups -OCH3 is 3. The van der Waals surface area contributed by atoms with E-state index in [0.717, 1.165) is 11.1 Å². The highest BCUT2D eigenvalue weighted by molar-refractivity contribution is 6.09. The molecule has 0 amide bonds. The standard InChI is InChI=1S/C20H20N2O4/c1-24-17-9-13(10-18(25-2)20(17)26-3)19(23)16-8-14(11-22-16)12-4-6-15(21)7-5-12/h4-11,22H,21H2,1-3H3. The van der Waals surface area contributed by atoms with Crippen molar-refractivity contribution in [1.29, 1.82) is 0 Å². The lowest BCUT2D eigenvalue weighted by Crippen LogP contribution is -2.04. The summed E-state index contributed by atoms with van der Waals surface area (Å²) in [7, 11) is 4.55. The maximum atomic E-state index is 12.9. The summed E-state index contributed by atoms with van der Waals surface area (Å²) in [4.78, 5) is 15.9. The van der Waals surface area contributed by atoms with Gasteiger partial charge in [-0.3, -0.25) is 4.79 Å². The van der Waals surface area contributed by atoms with Crippen molar-refractivity contribution >= 4 is 11.5 Å². The molecule has 26 heavy (non-hydrogen) atoms. The number of hydrogen-bond acceptors (Lipinski definition) is 5. The number of aromatic nitrogens is 1. The molecule has 0 radical (unpaired) electrons. The Balaban J connectivity index is 1.96. The first-order valence-electron chi connectivity index (χ1n) is 7.96. The molecule has 3 aromatic rings. The number of H-pyrrole nitrogens is 1. The van der Waals surface area contributed by atoms with Crippen LogP contribution in [0.4, 0.5) is 5.69 Å². The largest absolute Gasteiger partial charge is 0.493 e. The fraction of sp³-hybridized carbons (Fsp3) is 0.150. The molecule has 0 aliphatic rings. The van der Waals surface area contributed by atoms with Gasteiger partial charge in [-0.05, 0) is 41.5 Å². The summed E-state index contributed by atoms with van der Waals surface area (Å²) < 4.78 is 15.9. The zero-order chi connectivity index (χ0) is 18.7. The number of aromatic amines is 1. The summed E-state index contributed by atoms with van der Waals surface area (Å²) in [6.45, 7) is 0.